The van der Waals surface area contributed by atoms with E-state index in [1.807, 2.05) is 19.1 Å². The first kappa shape index (κ1) is 18.1. The second-order valence-corrected chi connectivity index (χ2v) is 5.22. The van der Waals surface area contributed by atoms with Crippen LogP contribution in [0.2, 0.25) is 0 Å². The van der Waals surface area contributed by atoms with Crippen molar-refractivity contribution in [2.75, 3.05) is 30.6 Å². The number of nitrogens with two attached hydrogens (primary N) is 1. The Morgan fingerprint density at radius 3 is 2.64 bits per heavy atom. The first-order valence-corrected chi connectivity index (χ1v) is 7.47. The number of hydrogen-bond acceptors (Lipinski definition) is 7. The highest BCUT2D eigenvalue weighted by atomic mass is 16.5. The third-order valence-corrected chi connectivity index (χ3v) is 3.63. The molecular formula is C17H20N4O4. The number of benzene rings is 1. The molecule has 8 heteroatoms. The number of aromatic nitrogens is 1. The average Bonchev–Trinajstić information content (AvgIpc) is 2.61. The molecule has 0 fully saturated rings. The van der Waals surface area contributed by atoms with Crippen LogP contribution in [0.5, 0.6) is 0 Å². The fraction of sp³-hybridized carbons (Fsp3) is 0.235. The van der Waals surface area contributed by atoms with E-state index in [-0.39, 0.29) is 11.4 Å². The minimum atomic E-state index is -0.555. The third kappa shape index (κ3) is 4.37. The van der Waals surface area contributed by atoms with E-state index in [0.29, 0.717) is 17.9 Å². The number of anilines is 3. The normalized spacial score (nSPS) is 10.0. The summed E-state index contributed by atoms with van der Waals surface area (Å²) >= 11 is 0. The molecule has 0 atom stereocenters. The summed E-state index contributed by atoms with van der Waals surface area (Å²) in [6.45, 7) is 2.29. The van der Waals surface area contributed by atoms with E-state index >= 15 is 0 Å². The lowest BCUT2D eigenvalue weighted by Crippen LogP contribution is -2.15. The minimum Gasteiger partial charge on any atom is -0.465 e. The second-order valence-electron chi connectivity index (χ2n) is 5.22. The van der Waals surface area contributed by atoms with Gasteiger partial charge in [-0.1, -0.05) is 12.1 Å². The zero-order valence-electron chi connectivity index (χ0n) is 14.3. The predicted molar refractivity (Wildman–Crippen MR) is 94.5 cm³/mol. The van der Waals surface area contributed by atoms with Crippen LogP contribution in [0, 0.1) is 6.92 Å². The summed E-state index contributed by atoms with van der Waals surface area (Å²) in [6, 6.07) is 7.09. The molecule has 1 amide bonds. The van der Waals surface area contributed by atoms with E-state index < -0.39 is 12.1 Å². The highest BCUT2D eigenvalue weighted by molar-refractivity contribution is 5.91. The van der Waals surface area contributed by atoms with Gasteiger partial charge in [0.1, 0.15) is 5.82 Å². The lowest BCUT2D eigenvalue weighted by molar-refractivity contribution is 0.0600. The van der Waals surface area contributed by atoms with Crippen LogP contribution in [0.4, 0.5) is 22.0 Å². The minimum absolute atomic E-state index is 0.253. The van der Waals surface area contributed by atoms with Gasteiger partial charge in [0, 0.05) is 18.4 Å². The summed E-state index contributed by atoms with van der Waals surface area (Å²) in [7, 11) is 2.59. The van der Waals surface area contributed by atoms with Crippen LogP contribution in [-0.2, 0) is 16.0 Å². The monoisotopic (exact) mass is 344 g/mol. The number of ether oxygens (including phenoxy) is 2. The zero-order valence-corrected chi connectivity index (χ0v) is 14.3. The van der Waals surface area contributed by atoms with Crippen LogP contribution < -0.4 is 16.4 Å². The highest BCUT2D eigenvalue weighted by Crippen LogP contribution is 2.24. The van der Waals surface area contributed by atoms with Gasteiger partial charge < -0.3 is 20.5 Å². The molecule has 132 valence electrons. The smallest absolute Gasteiger partial charge is 0.411 e. The number of pyridine rings is 1. The maximum absolute atomic E-state index is 11.6. The number of carbonyl (C=O) groups is 2. The van der Waals surface area contributed by atoms with Gasteiger partial charge in [-0.05, 0) is 30.2 Å². The molecule has 1 aromatic carbocycles. The molecule has 0 saturated carbocycles. The van der Waals surface area contributed by atoms with Crippen molar-refractivity contribution < 1.29 is 19.1 Å². The van der Waals surface area contributed by atoms with Gasteiger partial charge in [-0.15, -0.1) is 0 Å². The number of nitrogens with zero attached hydrogens (tertiary/aromatic N) is 1. The zero-order chi connectivity index (χ0) is 18.4. The van der Waals surface area contributed by atoms with E-state index in [1.165, 1.54) is 20.4 Å². The van der Waals surface area contributed by atoms with E-state index in [0.717, 1.165) is 11.1 Å². The summed E-state index contributed by atoms with van der Waals surface area (Å²) in [6.07, 6.45) is 0.797. The molecule has 4 N–H and O–H groups in total. The molecule has 0 aliphatic carbocycles. The number of hydrogen-bond donors (Lipinski definition) is 3. The number of nitrogen functional groups attached to an aromatic ring is 1. The van der Waals surface area contributed by atoms with Gasteiger partial charge in [0.05, 0.1) is 25.5 Å². The van der Waals surface area contributed by atoms with Gasteiger partial charge in [-0.3, -0.25) is 5.32 Å². The first-order chi connectivity index (χ1) is 12.0. The van der Waals surface area contributed by atoms with Crippen molar-refractivity contribution in [3.05, 3.63) is 47.2 Å². The van der Waals surface area contributed by atoms with Gasteiger partial charge in [0.2, 0.25) is 0 Å². The number of carbonyl (C=O) groups excluding carboxylic acids is 2. The number of esters is 1. The van der Waals surface area contributed by atoms with Crippen molar-refractivity contribution in [1.82, 2.24) is 4.98 Å². The van der Waals surface area contributed by atoms with Crippen LogP contribution in [0.3, 0.4) is 0 Å². The molecular weight excluding hydrogens is 324 g/mol. The van der Waals surface area contributed by atoms with Crippen molar-refractivity contribution in [1.29, 1.82) is 0 Å². The Kier molecular flexibility index (Phi) is 5.78. The second kappa shape index (κ2) is 8.00. The number of aryl methyl sites for hydroxylation is 1. The Labute approximate surface area is 145 Å². The third-order valence-electron chi connectivity index (χ3n) is 3.63. The summed E-state index contributed by atoms with van der Waals surface area (Å²) < 4.78 is 9.31. The quantitative estimate of drug-likeness (QED) is 0.714. The largest absolute Gasteiger partial charge is 0.465 e. The van der Waals surface area contributed by atoms with Gasteiger partial charge in [-0.2, -0.15) is 0 Å². The standard InChI is InChI=1S/C17H20N4O4/c1-10-5-4-6-13(21-17(23)25-3)12(10)9-19-14-7-11(16(22)24-2)8-20-15(14)18/h4-8,19H,9H2,1-3H3,(H2,18,20)(H,21,23). The van der Waals surface area contributed by atoms with Crippen LogP contribution >= 0.6 is 0 Å². The molecule has 0 unspecified atom stereocenters. The molecule has 0 aliphatic heterocycles. The molecule has 8 nitrogen and oxygen atoms in total. The molecule has 0 spiro atoms. The van der Waals surface area contributed by atoms with Gasteiger partial charge >= 0.3 is 12.1 Å². The fourth-order valence-electron chi connectivity index (χ4n) is 2.25. The Morgan fingerprint density at radius 1 is 1.20 bits per heavy atom. The number of nitrogens with one attached hydrogen (secondary N) is 2. The summed E-state index contributed by atoms with van der Waals surface area (Å²) in [5, 5.41) is 5.80. The number of methoxy groups -OCH3 is 2. The number of amides is 1. The van der Waals surface area contributed by atoms with Crippen LogP contribution in [0.15, 0.2) is 30.5 Å². The topological polar surface area (TPSA) is 116 Å². The van der Waals surface area contributed by atoms with Crippen LogP contribution in [-0.4, -0.2) is 31.3 Å². The van der Waals surface area contributed by atoms with Crippen LogP contribution in [0.25, 0.3) is 0 Å². The SMILES string of the molecule is COC(=O)Nc1cccc(C)c1CNc1cc(C(=O)OC)cnc1N. The predicted octanol–water partition coefficient (Wildman–Crippen LogP) is 2.55. The molecule has 2 aromatic rings. The van der Waals surface area contributed by atoms with Crippen LogP contribution in [0.1, 0.15) is 21.5 Å². The molecule has 25 heavy (non-hydrogen) atoms. The van der Waals surface area contributed by atoms with E-state index in [1.54, 1.807) is 12.1 Å². The van der Waals surface area contributed by atoms with Crippen molar-refractivity contribution in [3.8, 4) is 0 Å². The van der Waals surface area contributed by atoms with Crippen molar-refractivity contribution in [3.63, 3.8) is 0 Å². The summed E-state index contributed by atoms with van der Waals surface area (Å²) in [5.41, 5.74) is 9.09. The van der Waals surface area contributed by atoms with Crippen molar-refractivity contribution in [2.45, 2.75) is 13.5 Å². The average molecular weight is 344 g/mol. The van der Waals surface area contributed by atoms with E-state index in [9.17, 15) is 9.59 Å². The lowest BCUT2D eigenvalue weighted by Gasteiger charge is -2.15. The summed E-state index contributed by atoms with van der Waals surface area (Å²) in [5.74, 6) is -0.247. The molecule has 0 bridgehead atoms. The van der Waals surface area contributed by atoms with E-state index in [4.69, 9.17) is 5.73 Å². The Bertz CT molecular complexity index is 792. The molecule has 1 aromatic heterocycles. The highest BCUT2D eigenvalue weighted by Gasteiger charge is 2.12. The molecule has 0 radical (unpaired) electrons. The maximum Gasteiger partial charge on any atom is 0.411 e. The van der Waals surface area contributed by atoms with E-state index in [2.05, 4.69) is 25.1 Å². The fourth-order valence-corrected chi connectivity index (χ4v) is 2.25. The molecule has 0 aliphatic rings. The Morgan fingerprint density at radius 2 is 1.96 bits per heavy atom. The molecule has 0 saturated heterocycles. The number of rotatable bonds is 5. The molecule has 2 rings (SSSR count). The lowest BCUT2D eigenvalue weighted by atomic mass is 10.1. The van der Waals surface area contributed by atoms with Crippen molar-refractivity contribution in [2.24, 2.45) is 0 Å². The Hall–Kier alpha value is -3.29. The summed E-state index contributed by atoms with van der Waals surface area (Å²) in [4.78, 5) is 27.1. The van der Waals surface area contributed by atoms with Gasteiger partial charge in [-0.25, -0.2) is 14.6 Å². The van der Waals surface area contributed by atoms with Crippen molar-refractivity contribution >= 4 is 29.3 Å². The maximum atomic E-state index is 11.6. The molecule has 1 heterocycles. The van der Waals surface area contributed by atoms with Gasteiger partial charge in [0.15, 0.2) is 0 Å². The first-order valence-electron chi connectivity index (χ1n) is 7.47. The van der Waals surface area contributed by atoms with Gasteiger partial charge in [0.25, 0.3) is 0 Å². The Balaban J connectivity index is 2.24.